The quantitative estimate of drug-likeness (QED) is 0.938. The van der Waals surface area contributed by atoms with E-state index in [0.29, 0.717) is 0 Å². The summed E-state index contributed by atoms with van der Waals surface area (Å²) in [6, 6.07) is 10.2. The first-order chi connectivity index (χ1) is 9.08. The van der Waals surface area contributed by atoms with Crippen LogP contribution in [0, 0.1) is 6.92 Å². The second-order valence-electron chi connectivity index (χ2n) is 4.71. The topological polar surface area (TPSA) is 51.8 Å². The number of halogens is 1. The number of hydrogen-bond donors (Lipinski definition) is 1. The fraction of sp³-hybridized carbons (Fsp3) is 0.333. The minimum absolute atomic E-state index is 0.157. The van der Waals surface area contributed by atoms with Gasteiger partial charge in [0.15, 0.2) is 5.82 Å². The number of nitrogens with two attached hydrogens (primary N) is 1. The van der Waals surface area contributed by atoms with Crippen LogP contribution in [0.2, 0.25) is 0 Å². The van der Waals surface area contributed by atoms with E-state index in [0.717, 1.165) is 40.1 Å². The number of aromatic nitrogens is 2. The Bertz CT molecular complexity index is 569. The highest BCUT2D eigenvalue weighted by Crippen LogP contribution is 2.20. The summed E-state index contributed by atoms with van der Waals surface area (Å²) in [6.45, 7) is 4.08. The van der Waals surface area contributed by atoms with Gasteiger partial charge in [0, 0.05) is 33.9 Å². The Balaban J connectivity index is 2.36. The summed E-state index contributed by atoms with van der Waals surface area (Å²) in [5, 5.41) is 0. The molecule has 0 bridgehead atoms. The third-order valence-corrected chi connectivity index (χ3v) is 3.48. The van der Waals surface area contributed by atoms with Gasteiger partial charge in [0.25, 0.3) is 0 Å². The van der Waals surface area contributed by atoms with Gasteiger partial charge in [-0.15, -0.1) is 0 Å². The van der Waals surface area contributed by atoms with Gasteiger partial charge in [0.05, 0.1) is 0 Å². The number of rotatable bonds is 4. The molecule has 1 heterocycles. The van der Waals surface area contributed by atoms with Gasteiger partial charge < -0.3 is 5.73 Å². The second-order valence-corrected chi connectivity index (χ2v) is 5.62. The molecule has 0 spiro atoms. The molecule has 0 fully saturated rings. The lowest BCUT2D eigenvalue weighted by atomic mass is 10.1. The summed E-state index contributed by atoms with van der Waals surface area (Å²) in [7, 11) is 0. The highest BCUT2D eigenvalue weighted by atomic mass is 79.9. The monoisotopic (exact) mass is 319 g/mol. The van der Waals surface area contributed by atoms with Crippen LogP contribution >= 0.6 is 15.9 Å². The van der Waals surface area contributed by atoms with E-state index in [2.05, 4.69) is 32.8 Å². The minimum Gasteiger partial charge on any atom is -0.327 e. The van der Waals surface area contributed by atoms with Gasteiger partial charge in [-0.2, -0.15) is 0 Å². The second kappa shape index (κ2) is 6.26. The summed E-state index contributed by atoms with van der Waals surface area (Å²) in [4.78, 5) is 9.13. The summed E-state index contributed by atoms with van der Waals surface area (Å²) in [5.41, 5.74) is 9.00. The van der Waals surface area contributed by atoms with Gasteiger partial charge >= 0.3 is 0 Å². The lowest BCUT2D eigenvalue weighted by Crippen LogP contribution is -2.22. The van der Waals surface area contributed by atoms with Crippen molar-refractivity contribution in [1.29, 1.82) is 0 Å². The van der Waals surface area contributed by atoms with Gasteiger partial charge in [-0.1, -0.05) is 35.0 Å². The molecule has 0 saturated heterocycles. The van der Waals surface area contributed by atoms with Gasteiger partial charge in [0.2, 0.25) is 0 Å². The van der Waals surface area contributed by atoms with Crippen molar-refractivity contribution in [1.82, 2.24) is 9.97 Å². The molecule has 0 aliphatic carbocycles. The van der Waals surface area contributed by atoms with E-state index in [1.54, 1.807) is 0 Å². The molecule has 1 unspecified atom stereocenters. The summed E-state index contributed by atoms with van der Waals surface area (Å²) in [6.07, 6.45) is 1.75. The van der Waals surface area contributed by atoms with E-state index in [1.807, 2.05) is 37.3 Å². The zero-order valence-electron chi connectivity index (χ0n) is 11.2. The number of benzene rings is 1. The van der Waals surface area contributed by atoms with Gasteiger partial charge in [-0.05, 0) is 31.5 Å². The van der Waals surface area contributed by atoms with E-state index in [9.17, 15) is 0 Å². The Morgan fingerprint density at radius 1 is 1.26 bits per heavy atom. The van der Waals surface area contributed by atoms with Crippen LogP contribution in [0.5, 0.6) is 0 Å². The Labute approximate surface area is 122 Å². The van der Waals surface area contributed by atoms with Crippen molar-refractivity contribution in [2.24, 2.45) is 5.73 Å². The van der Waals surface area contributed by atoms with Crippen molar-refractivity contribution in [2.45, 2.75) is 32.7 Å². The molecule has 0 amide bonds. The van der Waals surface area contributed by atoms with Crippen LogP contribution in [0.1, 0.15) is 24.7 Å². The van der Waals surface area contributed by atoms with E-state index in [-0.39, 0.29) is 6.04 Å². The first-order valence-electron chi connectivity index (χ1n) is 6.44. The van der Waals surface area contributed by atoms with Crippen molar-refractivity contribution in [3.8, 4) is 11.4 Å². The average Bonchev–Trinajstić information content (AvgIpc) is 2.38. The first-order valence-corrected chi connectivity index (χ1v) is 7.24. The number of aryl methyl sites for hydroxylation is 1. The van der Waals surface area contributed by atoms with E-state index < -0.39 is 0 Å². The largest absolute Gasteiger partial charge is 0.327 e. The molecular formula is C15H18BrN3. The molecule has 4 heteroatoms. The maximum atomic E-state index is 6.00. The van der Waals surface area contributed by atoms with Crippen molar-refractivity contribution in [2.75, 3.05) is 0 Å². The predicted molar refractivity (Wildman–Crippen MR) is 81.9 cm³/mol. The molecule has 1 atom stereocenters. The van der Waals surface area contributed by atoms with Crippen LogP contribution in [-0.2, 0) is 6.42 Å². The molecule has 2 N–H and O–H groups in total. The molecule has 0 saturated carbocycles. The SMILES string of the molecule is CCC(N)Cc1cc(C)nc(-c2cccc(Br)c2)n1. The molecule has 0 radical (unpaired) electrons. The van der Waals surface area contributed by atoms with Crippen LogP contribution in [0.15, 0.2) is 34.8 Å². The Hall–Kier alpha value is -1.26. The molecule has 100 valence electrons. The average molecular weight is 320 g/mol. The molecule has 1 aromatic heterocycles. The third-order valence-electron chi connectivity index (χ3n) is 2.99. The summed E-state index contributed by atoms with van der Waals surface area (Å²) < 4.78 is 1.03. The highest BCUT2D eigenvalue weighted by Gasteiger charge is 2.08. The molecule has 1 aromatic carbocycles. The molecule has 2 aromatic rings. The van der Waals surface area contributed by atoms with Crippen molar-refractivity contribution in [3.63, 3.8) is 0 Å². The number of hydrogen-bond acceptors (Lipinski definition) is 3. The molecule has 2 rings (SSSR count). The number of nitrogens with zero attached hydrogens (tertiary/aromatic N) is 2. The van der Waals surface area contributed by atoms with Gasteiger partial charge in [-0.3, -0.25) is 0 Å². The Kier molecular flexibility index (Phi) is 4.66. The lowest BCUT2D eigenvalue weighted by Gasteiger charge is -2.10. The Morgan fingerprint density at radius 2 is 2.05 bits per heavy atom. The predicted octanol–water partition coefficient (Wildman–Crippen LogP) is 3.49. The molecule has 0 aliphatic heterocycles. The van der Waals surface area contributed by atoms with Crippen molar-refractivity contribution >= 4 is 15.9 Å². The fourth-order valence-corrected chi connectivity index (χ4v) is 2.31. The van der Waals surface area contributed by atoms with Crippen LogP contribution in [0.4, 0.5) is 0 Å². The van der Waals surface area contributed by atoms with Gasteiger partial charge in [0.1, 0.15) is 0 Å². The van der Waals surface area contributed by atoms with E-state index >= 15 is 0 Å². The van der Waals surface area contributed by atoms with Crippen LogP contribution in [0.3, 0.4) is 0 Å². The molecule has 0 aliphatic rings. The Morgan fingerprint density at radius 3 is 2.74 bits per heavy atom. The fourth-order valence-electron chi connectivity index (χ4n) is 1.91. The standard InChI is InChI=1S/C15H18BrN3/c1-3-13(17)9-14-7-10(2)18-15(19-14)11-5-4-6-12(16)8-11/h4-8,13H,3,9,17H2,1-2H3. The molecule has 19 heavy (non-hydrogen) atoms. The third kappa shape index (κ3) is 3.85. The van der Waals surface area contributed by atoms with Crippen LogP contribution < -0.4 is 5.73 Å². The molecular weight excluding hydrogens is 302 g/mol. The lowest BCUT2D eigenvalue weighted by molar-refractivity contribution is 0.635. The van der Waals surface area contributed by atoms with E-state index in [1.165, 1.54) is 0 Å². The van der Waals surface area contributed by atoms with Gasteiger partial charge in [-0.25, -0.2) is 9.97 Å². The van der Waals surface area contributed by atoms with E-state index in [4.69, 9.17) is 5.73 Å². The normalized spacial score (nSPS) is 12.4. The highest BCUT2D eigenvalue weighted by molar-refractivity contribution is 9.10. The minimum atomic E-state index is 0.157. The zero-order valence-corrected chi connectivity index (χ0v) is 12.8. The summed E-state index contributed by atoms with van der Waals surface area (Å²) >= 11 is 3.47. The molecule has 3 nitrogen and oxygen atoms in total. The van der Waals surface area contributed by atoms with Crippen molar-refractivity contribution < 1.29 is 0 Å². The summed E-state index contributed by atoms with van der Waals surface area (Å²) in [5.74, 6) is 0.764. The maximum absolute atomic E-state index is 6.00. The first kappa shape index (κ1) is 14.2. The van der Waals surface area contributed by atoms with Crippen LogP contribution in [-0.4, -0.2) is 16.0 Å². The zero-order chi connectivity index (χ0) is 13.8. The maximum Gasteiger partial charge on any atom is 0.159 e. The van der Waals surface area contributed by atoms with Crippen molar-refractivity contribution in [3.05, 3.63) is 46.2 Å². The smallest absolute Gasteiger partial charge is 0.159 e. The van der Waals surface area contributed by atoms with Crippen LogP contribution in [0.25, 0.3) is 11.4 Å².